The molecular formula is C23H22FNO. The van der Waals surface area contributed by atoms with E-state index in [0.717, 1.165) is 17.7 Å². The Morgan fingerprint density at radius 3 is 2.77 bits per heavy atom. The van der Waals surface area contributed by atoms with Gasteiger partial charge < -0.3 is 4.74 Å². The maximum absolute atomic E-state index is 14.3. The zero-order chi connectivity index (χ0) is 17.7. The van der Waals surface area contributed by atoms with E-state index in [-0.39, 0.29) is 11.9 Å². The molecule has 0 spiro atoms. The Hall–Kier alpha value is -2.39. The lowest BCUT2D eigenvalue weighted by Crippen LogP contribution is -2.33. The van der Waals surface area contributed by atoms with E-state index < -0.39 is 0 Å². The predicted molar refractivity (Wildman–Crippen MR) is 99.8 cm³/mol. The van der Waals surface area contributed by atoms with E-state index in [4.69, 9.17) is 4.74 Å². The van der Waals surface area contributed by atoms with Crippen LogP contribution >= 0.6 is 0 Å². The van der Waals surface area contributed by atoms with Crippen LogP contribution in [0.3, 0.4) is 0 Å². The minimum Gasteiger partial charge on any atom is -0.497 e. The number of benzene rings is 2. The highest BCUT2D eigenvalue weighted by molar-refractivity contribution is 5.41. The molecule has 26 heavy (non-hydrogen) atoms. The number of ether oxygens (including phenoxy) is 1. The summed E-state index contributed by atoms with van der Waals surface area (Å²) >= 11 is 0. The van der Waals surface area contributed by atoms with Crippen LogP contribution in [0, 0.1) is 17.7 Å². The average Bonchev–Trinajstić information content (AvgIpc) is 3.19. The number of fused-ring (bicyclic) bond motifs is 5. The van der Waals surface area contributed by atoms with E-state index in [9.17, 15) is 4.39 Å². The van der Waals surface area contributed by atoms with Gasteiger partial charge in [-0.15, -0.1) is 0 Å². The van der Waals surface area contributed by atoms with Gasteiger partial charge >= 0.3 is 0 Å². The molecule has 0 bridgehead atoms. The molecule has 4 unspecified atom stereocenters. The lowest BCUT2D eigenvalue weighted by atomic mass is 9.84. The van der Waals surface area contributed by atoms with Crippen molar-refractivity contribution in [2.75, 3.05) is 7.11 Å². The van der Waals surface area contributed by atoms with Crippen molar-refractivity contribution in [1.29, 1.82) is 0 Å². The first kappa shape index (κ1) is 15.8. The third-order valence-electron chi connectivity index (χ3n) is 6.22. The second kappa shape index (κ2) is 6.10. The largest absolute Gasteiger partial charge is 0.497 e. The summed E-state index contributed by atoms with van der Waals surface area (Å²) in [6.45, 7) is 0.629. The number of nitrogens with zero attached hydrogens (tertiary/aromatic N) is 1. The second-order valence-electron chi connectivity index (χ2n) is 7.48. The van der Waals surface area contributed by atoms with Crippen LogP contribution in [0.1, 0.15) is 22.7 Å². The Kier molecular flexibility index (Phi) is 3.71. The molecule has 0 radical (unpaired) electrons. The van der Waals surface area contributed by atoms with Gasteiger partial charge in [-0.25, -0.2) is 4.39 Å². The molecule has 1 heterocycles. The fourth-order valence-electron chi connectivity index (χ4n) is 5.10. The molecule has 0 N–H and O–H groups in total. The van der Waals surface area contributed by atoms with Crippen molar-refractivity contribution in [3.8, 4) is 0 Å². The first-order valence-corrected chi connectivity index (χ1v) is 9.27. The fraction of sp³-hybridized carbons (Fsp3) is 0.304. The molecule has 3 heteroatoms. The van der Waals surface area contributed by atoms with E-state index in [1.165, 1.54) is 11.1 Å². The summed E-state index contributed by atoms with van der Waals surface area (Å²) in [5.41, 5.74) is 3.61. The molecule has 2 nitrogen and oxygen atoms in total. The monoisotopic (exact) mass is 347 g/mol. The van der Waals surface area contributed by atoms with Crippen molar-refractivity contribution >= 4 is 0 Å². The topological polar surface area (TPSA) is 12.5 Å². The molecule has 2 aliphatic carbocycles. The van der Waals surface area contributed by atoms with Crippen molar-refractivity contribution in [2.45, 2.75) is 25.0 Å². The second-order valence-corrected chi connectivity index (χ2v) is 7.48. The maximum atomic E-state index is 14.3. The first-order chi connectivity index (χ1) is 12.8. The Labute approximate surface area is 153 Å². The van der Waals surface area contributed by atoms with Gasteiger partial charge in [0.25, 0.3) is 0 Å². The minimum atomic E-state index is -0.119. The summed E-state index contributed by atoms with van der Waals surface area (Å²) < 4.78 is 19.8. The third kappa shape index (κ3) is 2.34. The quantitative estimate of drug-likeness (QED) is 0.802. The number of hydrogen-bond acceptors (Lipinski definition) is 2. The fourth-order valence-corrected chi connectivity index (χ4v) is 5.10. The maximum Gasteiger partial charge on any atom is 0.127 e. The van der Waals surface area contributed by atoms with Gasteiger partial charge in [0.2, 0.25) is 0 Å². The van der Waals surface area contributed by atoms with Gasteiger partial charge in [0.05, 0.1) is 7.11 Å². The molecule has 0 saturated carbocycles. The third-order valence-corrected chi connectivity index (χ3v) is 6.22. The Balaban J connectivity index is 1.57. The van der Waals surface area contributed by atoms with Gasteiger partial charge in [0.15, 0.2) is 0 Å². The van der Waals surface area contributed by atoms with E-state index in [1.54, 1.807) is 19.2 Å². The normalized spacial score (nSPS) is 29.1. The number of allylic oxidation sites excluding steroid dienone is 1. The minimum absolute atomic E-state index is 0.119. The highest BCUT2D eigenvalue weighted by Crippen LogP contribution is 2.54. The molecule has 0 amide bonds. The lowest BCUT2D eigenvalue weighted by molar-refractivity contribution is 0.194. The van der Waals surface area contributed by atoms with Crippen LogP contribution in [0.4, 0.5) is 4.39 Å². The molecule has 2 aromatic carbocycles. The predicted octanol–water partition coefficient (Wildman–Crippen LogP) is 4.64. The van der Waals surface area contributed by atoms with Crippen LogP contribution in [-0.4, -0.2) is 18.1 Å². The summed E-state index contributed by atoms with van der Waals surface area (Å²) in [5.74, 6) is 1.73. The van der Waals surface area contributed by atoms with Crippen LogP contribution in [0.25, 0.3) is 0 Å². The van der Waals surface area contributed by atoms with Crippen molar-refractivity contribution in [2.24, 2.45) is 11.8 Å². The van der Waals surface area contributed by atoms with Crippen molar-refractivity contribution in [3.63, 3.8) is 0 Å². The van der Waals surface area contributed by atoms with Crippen LogP contribution in [0.2, 0.25) is 0 Å². The molecule has 3 aliphatic rings. The molecule has 0 aromatic heterocycles. The Bertz CT molecular complexity index is 903. The zero-order valence-electron chi connectivity index (χ0n) is 14.8. The van der Waals surface area contributed by atoms with E-state index in [1.807, 2.05) is 12.1 Å². The highest BCUT2D eigenvalue weighted by atomic mass is 19.1. The number of rotatable bonds is 3. The molecular weight excluding hydrogens is 325 g/mol. The molecule has 1 saturated heterocycles. The lowest BCUT2D eigenvalue weighted by Gasteiger charge is -2.31. The first-order valence-electron chi connectivity index (χ1n) is 9.27. The smallest absolute Gasteiger partial charge is 0.127 e. The van der Waals surface area contributed by atoms with E-state index >= 15 is 0 Å². The van der Waals surface area contributed by atoms with Gasteiger partial charge in [-0.05, 0) is 41.7 Å². The molecule has 4 atom stereocenters. The van der Waals surface area contributed by atoms with Crippen LogP contribution in [0.5, 0.6) is 0 Å². The van der Waals surface area contributed by atoms with Crippen LogP contribution in [-0.2, 0) is 17.7 Å². The molecule has 1 aliphatic heterocycles. The Morgan fingerprint density at radius 2 is 1.92 bits per heavy atom. The number of halogens is 1. The summed E-state index contributed by atoms with van der Waals surface area (Å²) in [6, 6.07) is 16.5. The van der Waals surface area contributed by atoms with E-state index in [2.05, 4.69) is 47.4 Å². The van der Waals surface area contributed by atoms with Gasteiger partial charge in [-0.3, -0.25) is 4.90 Å². The Morgan fingerprint density at radius 1 is 1.12 bits per heavy atom. The number of likely N-dealkylation sites (tertiary alicyclic amines) is 1. The average molecular weight is 347 g/mol. The summed E-state index contributed by atoms with van der Waals surface area (Å²) in [6.07, 6.45) is 7.65. The zero-order valence-corrected chi connectivity index (χ0v) is 14.8. The van der Waals surface area contributed by atoms with Crippen molar-refractivity contribution in [3.05, 3.63) is 95.0 Å². The molecule has 132 valence electrons. The van der Waals surface area contributed by atoms with Crippen molar-refractivity contribution in [1.82, 2.24) is 4.90 Å². The number of hydrogen-bond donors (Lipinski definition) is 0. The summed E-state index contributed by atoms with van der Waals surface area (Å²) in [4.78, 5) is 2.49. The molecule has 2 aromatic rings. The van der Waals surface area contributed by atoms with Gasteiger partial charge in [0, 0.05) is 30.1 Å². The van der Waals surface area contributed by atoms with E-state index in [0.29, 0.717) is 24.4 Å². The van der Waals surface area contributed by atoms with Gasteiger partial charge in [-0.1, -0.05) is 48.5 Å². The van der Waals surface area contributed by atoms with Crippen LogP contribution < -0.4 is 0 Å². The highest BCUT2D eigenvalue weighted by Gasteiger charge is 2.51. The van der Waals surface area contributed by atoms with Crippen LogP contribution in [0.15, 0.2) is 72.5 Å². The standard InChI is InChI=1S/C23H22FNO/c1-26-17-10-11-22-19(13-17)20-12-15-6-2-4-8-18(15)23(20)25(22)14-16-7-3-5-9-21(16)24/h2-11,13,19-20,22-23H,12,14H2,1H3. The summed E-state index contributed by atoms with van der Waals surface area (Å²) in [5, 5.41) is 0. The van der Waals surface area contributed by atoms with Crippen molar-refractivity contribution < 1.29 is 9.13 Å². The number of methoxy groups -OCH3 is 1. The molecule has 5 rings (SSSR count). The van der Waals surface area contributed by atoms with Gasteiger partial charge in [-0.2, -0.15) is 0 Å². The van der Waals surface area contributed by atoms with Gasteiger partial charge in [0.1, 0.15) is 11.6 Å². The summed E-state index contributed by atoms with van der Waals surface area (Å²) in [7, 11) is 1.73. The molecule has 1 fully saturated rings. The SMILES string of the molecule is COC1=CC2C3Cc4ccccc4C3N(Cc3ccccc3F)C2C=C1.